The quantitative estimate of drug-likeness (QED) is 0.395. The van der Waals surface area contributed by atoms with Gasteiger partial charge in [-0.1, -0.05) is 19.9 Å². The summed E-state index contributed by atoms with van der Waals surface area (Å²) in [6, 6.07) is 5.26. The molecule has 0 atom stereocenters. The number of halogens is 3. The molecule has 0 saturated heterocycles. The van der Waals surface area contributed by atoms with Gasteiger partial charge in [0.1, 0.15) is 5.82 Å². The summed E-state index contributed by atoms with van der Waals surface area (Å²) in [7, 11) is 3.92. The van der Waals surface area contributed by atoms with Crippen LogP contribution >= 0.6 is 0 Å². The Morgan fingerprint density at radius 2 is 2.00 bits per heavy atom. The molecule has 9 heteroatoms. The third-order valence-electron chi connectivity index (χ3n) is 4.35. The van der Waals surface area contributed by atoms with Crippen molar-refractivity contribution in [3.8, 4) is 0 Å². The molecule has 0 saturated carbocycles. The molecule has 29 heavy (non-hydrogen) atoms. The maximum Gasteiger partial charge on any atom is 0.389 e. The average molecular weight is 412 g/mol. The van der Waals surface area contributed by atoms with E-state index >= 15 is 0 Å². The number of rotatable bonds is 8. The zero-order chi connectivity index (χ0) is 21.8. The molecule has 0 aliphatic rings. The topological polar surface area (TPSA) is 70.4 Å². The summed E-state index contributed by atoms with van der Waals surface area (Å²) in [6.07, 6.45) is -2.74. The minimum atomic E-state index is -4.26. The molecule has 0 fully saturated rings. The first-order chi connectivity index (χ1) is 13.4. The van der Waals surface area contributed by atoms with E-state index in [2.05, 4.69) is 18.8 Å². The number of carbonyl (C=O) groups excluding carboxylic acids is 1. The van der Waals surface area contributed by atoms with Gasteiger partial charge in [-0.2, -0.15) is 13.2 Å². The molecule has 0 bridgehead atoms. The number of hydroxylamine groups is 1. The van der Waals surface area contributed by atoms with Crippen LogP contribution in [-0.2, 0) is 17.8 Å². The van der Waals surface area contributed by atoms with Crippen LogP contribution in [0.15, 0.2) is 24.3 Å². The Labute approximate surface area is 168 Å². The number of nitrogens with zero attached hydrogens (tertiary/aromatic N) is 3. The largest absolute Gasteiger partial charge is 0.389 e. The van der Waals surface area contributed by atoms with Gasteiger partial charge in [0.05, 0.1) is 17.5 Å². The molecule has 1 aromatic carbocycles. The number of nitrogens with one attached hydrogen (secondary N) is 1. The van der Waals surface area contributed by atoms with Gasteiger partial charge in [-0.05, 0) is 43.3 Å². The van der Waals surface area contributed by atoms with Crippen LogP contribution in [0, 0.1) is 5.41 Å². The molecule has 1 aromatic heterocycles. The van der Waals surface area contributed by atoms with Crippen LogP contribution in [0.3, 0.4) is 0 Å². The normalized spacial score (nSPS) is 13.0. The number of imidazole rings is 1. The minimum absolute atomic E-state index is 0.179. The molecule has 160 valence electrons. The second-order valence-electron chi connectivity index (χ2n) is 8.19. The smallest absolute Gasteiger partial charge is 0.327 e. The number of hydrogen-bond acceptors (Lipinski definition) is 4. The third-order valence-corrected chi connectivity index (χ3v) is 4.35. The summed E-state index contributed by atoms with van der Waals surface area (Å²) in [5.74, 6) is -0.287. The number of carbonyl (C=O) groups is 1. The SMILES string of the molecule is CN(C)CC(C)(C)Cn1c(CCC(F)(F)F)nc2cc(/C=C/C(=O)NO)ccc21. The highest BCUT2D eigenvalue weighted by atomic mass is 19.4. The van der Waals surface area contributed by atoms with Crippen LogP contribution in [0.1, 0.15) is 31.7 Å². The molecular weight excluding hydrogens is 385 g/mol. The Bertz CT molecular complexity index is 886. The number of hydrogen-bond donors (Lipinski definition) is 2. The molecule has 0 aliphatic carbocycles. The Balaban J connectivity index is 2.44. The van der Waals surface area contributed by atoms with Crippen molar-refractivity contribution in [2.24, 2.45) is 5.41 Å². The number of aromatic nitrogens is 2. The number of alkyl halides is 3. The van der Waals surface area contributed by atoms with Gasteiger partial charge in [0, 0.05) is 25.6 Å². The second-order valence-corrected chi connectivity index (χ2v) is 8.19. The molecular formula is C20H27F3N4O2. The second kappa shape index (κ2) is 8.96. The summed E-state index contributed by atoms with van der Waals surface area (Å²) in [6.45, 7) is 5.42. The van der Waals surface area contributed by atoms with Gasteiger partial charge in [0.15, 0.2) is 0 Å². The molecule has 0 radical (unpaired) electrons. The fourth-order valence-electron chi connectivity index (χ4n) is 3.46. The molecule has 2 aromatic rings. The predicted octanol–water partition coefficient (Wildman–Crippen LogP) is 3.64. The highest BCUT2D eigenvalue weighted by molar-refractivity contribution is 5.91. The lowest BCUT2D eigenvalue weighted by Crippen LogP contribution is -2.33. The summed E-state index contributed by atoms with van der Waals surface area (Å²) in [5, 5.41) is 8.56. The van der Waals surface area contributed by atoms with Gasteiger partial charge in [-0.3, -0.25) is 10.0 Å². The number of aryl methyl sites for hydroxylation is 1. The standard InChI is InChI=1S/C20H27F3N4O2/c1-19(2,12-26(3)4)13-27-16-7-5-14(6-8-18(28)25-29)11-15(16)24-17(27)9-10-20(21,22)23/h5-8,11,29H,9-10,12-13H2,1-4H3,(H,25,28)/b8-6+. The van der Waals surface area contributed by atoms with Crippen molar-refractivity contribution in [1.29, 1.82) is 0 Å². The van der Waals surface area contributed by atoms with Crippen molar-refractivity contribution in [3.05, 3.63) is 35.7 Å². The fourth-order valence-corrected chi connectivity index (χ4v) is 3.46. The molecule has 2 rings (SSSR count). The first-order valence-corrected chi connectivity index (χ1v) is 9.23. The Morgan fingerprint density at radius 1 is 1.31 bits per heavy atom. The summed E-state index contributed by atoms with van der Waals surface area (Å²) in [4.78, 5) is 17.7. The van der Waals surface area contributed by atoms with Gasteiger partial charge in [-0.15, -0.1) is 0 Å². The Kier molecular flexibility index (Phi) is 7.07. The lowest BCUT2D eigenvalue weighted by atomic mass is 9.92. The highest BCUT2D eigenvalue weighted by Gasteiger charge is 2.29. The molecule has 6 nitrogen and oxygen atoms in total. The van der Waals surface area contributed by atoms with Crippen LogP contribution in [0.5, 0.6) is 0 Å². The van der Waals surface area contributed by atoms with E-state index in [0.29, 0.717) is 23.4 Å². The van der Waals surface area contributed by atoms with Crippen molar-refractivity contribution in [1.82, 2.24) is 19.9 Å². The van der Waals surface area contributed by atoms with Gasteiger partial charge in [-0.25, -0.2) is 10.5 Å². The van der Waals surface area contributed by atoms with Crippen molar-refractivity contribution < 1.29 is 23.2 Å². The van der Waals surface area contributed by atoms with Crippen LogP contribution in [-0.4, -0.2) is 52.4 Å². The zero-order valence-corrected chi connectivity index (χ0v) is 17.0. The summed E-state index contributed by atoms with van der Waals surface area (Å²) in [5.41, 5.74) is 3.29. The highest BCUT2D eigenvalue weighted by Crippen LogP contribution is 2.28. The molecule has 1 amide bonds. The summed E-state index contributed by atoms with van der Waals surface area (Å²) < 4.78 is 40.3. The van der Waals surface area contributed by atoms with E-state index in [1.807, 2.05) is 23.6 Å². The van der Waals surface area contributed by atoms with E-state index in [0.717, 1.165) is 18.1 Å². The van der Waals surface area contributed by atoms with Crippen molar-refractivity contribution >= 4 is 23.0 Å². The average Bonchev–Trinajstić information content (AvgIpc) is 2.92. The lowest BCUT2D eigenvalue weighted by molar-refractivity contribution is -0.134. The van der Waals surface area contributed by atoms with Gasteiger partial charge in [0.2, 0.25) is 0 Å². The van der Waals surface area contributed by atoms with Crippen molar-refractivity contribution in [2.45, 2.75) is 39.4 Å². The van der Waals surface area contributed by atoms with Crippen molar-refractivity contribution in [2.75, 3.05) is 20.6 Å². The van der Waals surface area contributed by atoms with E-state index in [4.69, 9.17) is 5.21 Å². The number of amides is 1. The zero-order valence-electron chi connectivity index (χ0n) is 17.0. The molecule has 2 N–H and O–H groups in total. The van der Waals surface area contributed by atoms with E-state index in [1.165, 1.54) is 11.6 Å². The Hall–Kier alpha value is -2.39. The molecule has 0 unspecified atom stereocenters. The maximum atomic E-state index is 12.8. The number of fused-ring (bicyclic) bond motifs is 1. The molecule has 1 heterocycles. The third kappa shape index (κ3) is 6.86. The maximum absolute atomic E-state index is 12.8. The van der Waals surface area contributed by atoms with E-state index < -0.39 is 18.5 Å². The number of benzene rings is 1. The first-order valence-electron chi connectivity index (χ1n) is 9.23. The molecule has 0 aliphatic heterocycles. The van der Waals surface area contributed by atoms with Crippen LogP contribution in [0.4, 0.5) is 13.2 Å². The van der Waals surface area contributed by atoms with Crippen LogP contribution < -0.4 is 5.48 Å². The van der Waals surface area contributed by atoms with Gasteiger partial charge in [0.25, 0.3) is 5.91 Å². The van der Waals surface area contributed by atoms with E-state index in [-0.39, 0.29) is 11.8 Å². The van der Waals surface area contributed by atoms with Gasteiger partial charge >= 0.3 is 6.18 Å². The predicted molar refractivity (Wildman–Crippen MR) is 105 cm³/mol. The summed E-state index contributed by atoms with van der Waals surface area (Å²) >= 11 is 0. The van der Waals surface area contributed by atoms with Crippen LogP contribution in [0.25, 0.3) is 17.1 Å². The monoisotopic (exact) mass is 412 g/mol. The molecule has 0 spiro atoms. The van der Waals surface area contributed by atoms with E-state index in [1.54, 1.807) is 18.2 Å². The first kappa shape index (κ1) is 22.9. The minimum Gasteiger partial charge on any atom is -0.327 e. The van der Waals surface area contributed by atoms with Crippen molar-refractivity contribution in [3.63, 3.8) is 0 Å². The Morgan fingerprint density at radius 3 is 2.59 bits per heavy atom. The lowest BCUT2D eigenvalue weighted by Gasteiger charge is -2.29. The van der Waals surface area contributed by atoms with E-state index in [9.17, 15) is 18.0 Å². The van der Waals surface area contributed by atoms with Gasteiger partial charge < -0.3 is 9.47 Å². The fraction of sp³-hybridized carbons (Fsp3) is 0.500. The van der Waals surface area contributed by atoms with Crippen LogP contribution in [0.2, 0.25) is 0 Å².